The molecule has 1 heterocycles. The normalized spacial score (nSPS) is 44.1. The van der Waals surface area contributed by atoms with Gasteiger partial charge in [0, 0.05) is 30.8 Å². The Morgan fingerprint density at radius 1 is 1.00 bits per heavy atom. The molecule has 12 nitrogen and oxygen atoms in total. The quantitative estimate of drug-likeness (QED) is 0.145. The van der Waals surface area contributed by atoms with Crippen molar-refractivity contribution >= 4 is 24.2 Å². The summed E-state index contributed by atoms with van der Waals surface area (Å²) in [6.45, 7) is 4.85. The van der Waals surface area contributed by atoms with E-state index in [0.717, 1.165) is 12.7 Å². The summed E-state index contributed by atoms with van der Waals surface area (Å²) in [4.78, 5) is 50.2. The maximum absolute atomic E-state index is 13.3. The van der Waals surface area contributed by atoms with Gasteiger partial charge in [-0.15, -0.1) is 0 Å². The van der Waals surface area contributed by atoms with E-state index in [1.54, 1.807) is 0 Å². The van der Waals surface area contributed by atoms with E-state index in [1.165, 1.54) is 19.9 Å². The third kappa shape index (κ3) is 5.01. The summed E-state index contributed by atoms with van der Waals surface area (Å²) in [5, 5.41) is 52.4. The van der Waals surface area contributed by atoms with Crippen LogP contribution in [0.25, 0.3) is 0 Å². The molecule has 5 N–H and O–H groups in total. The third-order valence-corrected chi connectivity index (χ3v) is 12.2. The third-order valence-electron chi connectivity index (χ3n) is 12.2. The number of fused-ring (bicyclic) bond motifs is 5. The lowest BCUT2D eigenvalue weighted by Crippen LogP contribution is -2.70. The van der Waals surface area contributed by atoms with Gasteiger partial charge in [0.05, 0.1) is 23.7 Å². The molecule has 0 spiro atoms. The summed E-state index contributed by atoms with van der Waals surface area (Å²) in [7, 11) is 0. The SMILES string of the molecule is CC(=O)O[C@]12CC[C@@H]3[C@H](CC[C@]4(C)[C@@H](C5C=CC(=O)OC5)CC[C@]34O)[C@@]1(C=O)CC[C@H](OC(=O)[C@H](O)[C@H](O)[C@@H](O)[C@H](C)O)C2. The van der Waals surface area contributed by atoms with Crippen molar-refractivity contribution in [2.45, 2.75) is 120 Å². The Morgan fingerprint density at radius 2 is 1.68 bits per heavy atom. The molecular weight excluding hydrogens is 576 g/mol. The highest BCUT2D eigenvalue weighted by Gasteiger charge is 2.73. The largest absolute Gasteiger partial charge is 0.462 e. The van der Waals surface area contributed by atoms with E-state index >= 15 is 0 Å². The molecule has 0 aromatic carbocycles. The molecule has 4 saturated carbocycles. The van der Waals surface area contributed by atoms with E-state index in [0.29, 0.717) is 25.7 Å². The van der Waals surface area contributed by atoms with Gasteiger partial charge < -0.3 is 44.5 Å². The van der Waals surface area contributed by atoms with Crippen LogP contribution in [0.4, 0.5) is 0 Å². The first-order chi connectivity index (χ1) is 20.6. The van der Waals surface area contributed by atoms with Gasteiger partial charge in [0.15, 0.2) is 6.10 Å². The molecule has 0 aromatic rings. The van der Waals surface area contributed by atoms with E-state index in [2.05, 4.69) is 6.92 Å². The lowest BCUT2D eigenvalue weighted by atomic mass is 9.41. The number of aldehydes is 1. The maximum atomic E-state index is 13.3. The highest BCUT2D eigenvalue weighted by atomic mass is 16.6. The van der Waals surface area contributed by atoms with Gasteiger partial charge >= 0.3 is 17.9 Å². The van der Waals surface area contributed by atoms with Crippen LogP contribution in [0.2, 0.25) is 0 Å². The first kappa shape index (κ1) is 33.0. The molecule has 1 aliphatic heterocycles. The first-order valence-corrected chi connectivity index (χ1v) is 15.8. The van der Waals surface area contributed by atoms with E-state index < -0.39 is 64.5 Å². The number of carbonyl (C=O) groups excluding carboxylic acids is 4. The molecule has 13 atom stereocenters. The van der Waals surface area contributed by atoms with Crippen LogP contribution in [0, 0.1) is 34.5 Å². The lowest BCUT2D eigenvalue weighted by Gasteiger charge is -2.65. The number of aliphatic hydroxyl groups is 5. The van der Waals surface area contributed by atoms with Gasteiger partial charge in [0.1, 0.15) is 30.2 Å². The number of hydrogen-bond acceptors (Lipinski definition) is 12. The Hall–Kier alpha value is -2.38. The van der Waals surface area contributed by atoms with Crippen LogP contribution >= 0.6 is 0 Å². The number of aliphatic hydroxyl groups excluding tert-OH is 4. The minimum atomic E-state index is -2.12. The van der Waals surface area contributed by atoms with Crippen LogP contribution in [-0.4, -0.2) is 98.1 Å². The average molecular weight is 623 g/mol. The smallest absolute Gasteiger partial charge is 0.338 e. The van der Waals surface area contributed by atoms with Crippen LogP contribution in [0.5, 0.6) is 0 Å². The molecule has 44 heavy (non-hydrogen) atoms. The number of rotatable bonds is 8. The number of ether oxygens (including phenoxy) is 3. The molecule has 5 rings (SSSR count). The zero-order valence-corrected chi connectivity index (χ0v) is 25.6. The van der Waals surface area contributed by atoms with Crippen LogP contribution in [-0.2, 0) is 33.4 Å². The van der Waals surface area contributed by atoms with Crippen LogP contribution in [0.1, 0.15) is 78.6 Å². The monoisotopic (exact) mass is 622 g/mol. The van der Waals surface area contributed by atoms with Gasteiger partial charge in [-0.3, -0.25) is 4.79 Å². The highest BCUT2D eigenvalue weighted by Crippen LogP contribution is 2.71. The van der Waals surface area contributed by atoms with Crippen molar-refractivity contribution in [1.82, 2.24) is 0 Å². The fourth-order valence-electron chi connectivity index (χ4n) is 9.98. The molecule has 0 radical (unpaired) electrons. The average Bonchev–Trinajstić information content (AvgIpc) is 3.26. The molecule has 5 aliphatic rings. The molecule has 12 heteroatoms. The van der Waals surface area contributed by atoms with Gasteiger partial charge in [-0.25, -0.2) is 9.59 Å². The maximum Gasteiger partial charge on any atom is 0.338 e. The van der Waals surface area contributed by atoms with E-state index in [-0.39, 0.29) is 61.9 Å². The summed E-state index contributed by atoms with van der Waals surface area (Å²) in [5.41, 5.74) is -4.00. The summed E-state index contributed by atoms with van der Waals surface area (Å²) in [6, 6.07) is 0. The number of hydrogen-bond donors (Lipinski definition) is 5. The Kier molecular flexibility index (Phi) is 8.82. The Balaban J connectivity index is 1.40. The molecule has 4 aliphatic carbocycles. The highest BCUT2D eigenvalue weighted by molar-refractivity contribution is 5.82. The predicted molar refractivity (Wildman–Crippen MR) is 151 cm³/mol. The molecule has 0 saturated heterocycles. The fraction of sp³-hybridized carbons (Fsp3) is 0.812. The summed E-state index contributed by atoms with van der Waals surface area (Å²) >= 11 is 0. The molecule has 246 valence electrons. The molecular formula is C32H46O12. The van der Waals surface area contributed by atoms with Gasteiger partial charge in [-0.1, -0.05) is 13.0 Å². The van der Waals surface area contributed by atoms with Crippen molar-refractivity contribution in [3.63, 3.8) is 0 Å². The summed E-state index contributed by atoms with van der Waals surface area (Å²) < 4.78 is 16.9. The van der Waals surface area contributed by atoms with Gasteiger partial charge in [0.25, 0.3) is 0 Å². The van der Waals surface area contributed by atoms with E-state index in [9.17, 15) is 44.7 Å². The van der Waals surface area contributed by atoms with Crippen molar-refractivity contribution in [3.05, 3.63) is 12.2 Å². The molecule has 4 fully saturated rings. The Morgan fingerprint density at radius 3 is 2.30 bits per heavy atom. The van der Waals surface area contributed by atoms with Crippen molar-refractivity contribution in [3.8, 4) is 0 Å². The van der Waals surface area contributed by atoms with Crippen molar-refractivity contribution in [1.29, 1.82) is 0 Å². The lowest BCUT2D eigenvalue weighted by molar-refractivity contribution is -0.259. The molecule has 0 amide bonds. The molecule has 0 bridgehead atoms. The second kappa shape index (κ2) is 11.8. The van der Waals surface area contributed by atoms with Crippen LogP contribution < -0.4 is 0 Å². The van der Waals surface area contributed by atoms with Crippen molar-refractivity contribution in [2.24, 2.45) is 34.5 Å². The molecule has 0 aromatic heterocycles. The fourth-order valence-corrected chi connectivity index (χ4v) is 9.98. The van der Waals surface area contributed by atoms with Crippen LogP contribution in [0.3, 0.4) is 0 Å². The predicted octanol–water partition coefficient (Wildman–Crippen LogP) is 0.729. The topological polar surface area (TPSA) is 197 Å². The number of cyclic esters (lactones) is 1. The second-order valence-corrected chi connectivity index (χ2v) is 14.1. The van der Waals surface area contributed by atoms with E-state index in [1.807, 2.05) is 6.08 Å². The van der Waals surface area contributed by atoms with E-state index in [4.69, 9.17) is 14.2 Å². The van der Waals surface area contributed by atoms with Gasteiger partial charge in [-0.05, 0) is 76.0 Å². The summed E-state index contributed by atoms with van der Waals surface area (Å²) in [5.74, 6) is -2.61. The summed E-state index contributed by atoms with van der Waals surface area (Å²) in [6.07, 6.45) is -0.212. The molecule has 1 unspecified atom stereocenters. The zero-order valence-electron chi connectivity index (χ0n) is 25.6. The zero-order chi connectivity index (χ0) is 32.2. The van der Waals surface area contributed by atoms with Crippen LogP contribution in [0.15, 0.2) is 12.2 Å². The number of esters is 3. The van der Waals surface area contributed by atoms with Gasteiger partial charge in [-0.2, -0.15) is 0 Å². The minimum absolute atomic E-state index is 0.00138. The Labute approximate surface area is 256 Å². The van der Waals surface area contributed by atoms with Crippen molar-refractivity contribution in [2.75, 3.05) is 6.61 Å². The standard InChI is InChI=1S/C32H46O12/c1-17(34)25(37)26(38)27(39)28(40)43-20-6-11-30(16-33)22-7-10-29(3)21(19-4-5-24(36)42-15-19)9-13-32(29,41)23(22)8-12-31(30,14-20)44-18(2)35/h4-5,16-17,19-23,25-27,34,37-39,41H,6-15H2,1-3H3/t17-,19?,20-,21+,22-,23+,25-,26+,27+,29+,30-,31-,32-/m0/s1. The van der Waals surface area contributed by atoms with Gasteiger partial charge in [0.2, 0.25) is 0 Å². The Bertz CT molecular complexity index is 1190. The first-order valence-electron chi connectivity index (χ1n) is 15.8. The second-order valence-electron chi connectivity index (χ2n) is 14.1. The van der Waals surface area contributed by atoms with Crippen molar-refractivity contribution < 1.29 is 58.9 Å². The minimum Gasteiger partial charge on any atom is -0.462 e. The number of carbonyl (C=O) groups is 4.